The summed E-state index contributed by atoms with van der Waals surface area (Å²) in [6.45, 7) is 7.24. The zero-order chi connectivity index (χ0) is 14.1. The zero-order valence-electron chi connectivity index (χ0n) is 12.1. The standard InChI is InChI=1S/C15H25N3O/c1-4-18(5-2)14(11-17-15(19)12-16-3)13-9-7-6-8-10-13/h6-10,14,16H,4-5,11-12H2,1-3H3,(H,17,19). The Balaban J connectivity index is 2.73. The van der Waals surface area contributed by atoms with Crippen LogP contribution in [0.3, 0.4) is 0 Å². The van der Waals surface area contributed by atoms with E-state index in [1.165, 1.54) is 5.56 Å². The fourth-order valence-electron chi connectivity index (χ4n) is 2.23. The van der Waals surface area contributed by atoms with Crippen LogP contribution in [0.4, 0.5) is 0 Å². The van der Waals surface area contributed by atoms with E-state index < -0.39 is 0 Å². The predicted molar refractivity (Wildman–Crippen MR) is 79.0 cm³/mol. The second-order valence-corrected chi connectivity index (χ2v) is 4.48. The quantitative estimate of drug-likeness (QED) is 0.745. The van der Waals surface area contributed by atoms with Crippen molar-refractivity contribution in [1.82, 2.24) is 15.5 Å². The van der Waals surface area contributed by atoms with Crippen LogP contribution < -0.4 is 10.6 Å². The van der Waals surface area contributed by atoms with E-state index in [0.717, 1.165) is 13.1 Å². The fraction of sp³-hybridized carbons (Fsp3) is 0.533. The summed E-state index contributed by atoms with van der Waals surface area (Å²) in [7, 11) is 1.78. The van der Waals surface area contributed by atoms with Crippen molar-refractivity contribution in [3.05, 3.63) is 35.9 Å². The minimum absolute atomic E-state index is 0.0376. The zero-order valence-corrected chi connectivity index (χ0v) is 12.1. The molecule has 0 spiro atoms. The van der Waals surface area contributed by atoms with Crippen molar-refractivity contribution in [2.24, 2.45) is 0 Å². The van der Waals surface area contributed by atoms with Gasteiger partial charge in [-0.05, 0) is 25.7 Å². The van der Waals surface area contributed by atoms with E-state index >= 15 is 0 Å². The Morgan fingerprint density at radius 3 is 2.37 bits per heavy atom. The first-order chi connectivity index (χ1) is 9.22. The maximum Gasteiger partial charge on any atom is 0.234 e. The Morgan fingerprint density at radius 2 is 1.84 bits per heavy atom. The highest BCUT2D eigenvalue weighted by molar-refractivity contribution is 5.77. The molecule has 0 aliphatic carbocycles. The van der Waals surface area contributed by atoms with Gasteiger partial charge in [-0.2, -0.15) is 0 Å². The molecule has 0 aromatic heterocycles. The summed E-state index contributed by atoms with van der Waals surface area (Å²) in [6, 6.07) is 10.6. The Hall–Kier alpha value is -1.39. The minimum atomic E-state index is 0.0376. The molecule has 106 valence electrons. The van der Waals surface area contributed by atoms with Crippen LogP contribution in [0.15, 0.2) is 30.3 Å². The highest BCUT2D eigenvalue weighted by Crippen LogP contribution is 2.19. The van der Waals surface area contributed by atoms with Crippen LogP contribution >= 0.6 is 0 Å². The van der Waals surface area contributed by atoms with Gasteiger partial charge in [0.2, 0.25) is 5.91 Å². The number of rotatable bonds is 8. The fourth-order valence-corrected chi connectivity index (χ4v) is 2.23. The van der Waals surface area contributed by atoms with E-state index in [-0.39, 0.29) is 11.9 Å². The molecule has 0 aliphatic heterocycles. The number of carbonyl (C=O) groups is 1. The lowest BCUT2D eigenvalue weighted by atomic mass is 10.1. The summed E-state index contributed by atoms with van der Waals surface area (Å²) in [5.74, 6) is 0.0376. The topological polar surface area (TPSA) is 44.4 Å². The summed E-state index contributed by atoms with van der Waals surface area (Å²) in [6.07, 6.45) is 0. The molecular formula is C15H25N3O. The van der Waals surface area contributed by atoms with Crippen molar-refractivity contribution in [1.29, 1.82) is 0 Å². The van der Waals surface area contributed by atoms with Crippen molar-refractivity contribution >= 4 is 5.91 Å². The van der Waals surface area contributed by atoms with E-state index in [2.05, 4.69) is 41.5 Å². The molecule has 0 radical (unpaired) electrons. The van der Waals surface area contributed by atoms with Crippen molar-refractivity contribution in [3.8, 4) is 0 Å². The number of benzene rings is 1. The second-order valence-electron chi connectivity index (χ2n) is 4.48. The number of likely N-dealkylation sites (N-methyl/N-ethyl adjacent to an activating group) is 2. The number of nitrogens with one attached hydrogen (secondary N) is 2. The van der Waals surface area contributed by atoms with E-state index in [1.54, 1.807) is 7.05 Å². The lowest BCUT2D eigenvalue weighted by Gasteiger charge is -2.30. The summed E-state index contributed by atoms with van der Waals surface area (Å²) >= 11 is 0. The average Bonchev–Trinajstić information content (AvgIpc) is 2.44. The number of hydrogen-bond acceptors (Lipinski definition) is 3. The second kappa shape index (κ2) is 8.67. The van der Waals surface area contributed by atoms with Gasteiger partial charge < -0.3 is 10.6 Å². The molecule has 0 bridgehead atoms. The average molecular weight is 263 g/mol. The monoisotopic (exact) mass is 263 g/mol. The summed E-state index contributed by atoms with van der Waals surface area (Å²) < 4.78 is 0. The molecule has 0 fully saturated rings. The number of carbonyl (C=O) groups excluding carboxylic acids is 1. The normalized spacial score (nSPS) is 12.4. The largest absolute Gasteiger partial charge is 0.353 e. The number of hydrogen-bond donors (Lipinski definition) is 2. The third kappa shape index (κ3) is 5.01. The Bertz CT molecular complexity index is 363. The van der Waals surface area contributed by atoms with Crippen LogP contribution in [0.1, 0.15) is 25.5 Å². The van der Waals surface area contributed by atoms with Gasteiger partial charge in [-0.3, -0.25) is 9.69 Å². The van der Waals surface area contributed by atoms with Gasteiger partial charge in [-0.15, -0.1) is 0 Å². The molecule has 0 aliphatic rings. The lowest BCUT2D eigenvalue weighted by Crippen LogP contribution is -2.40. The molecule has 19 heavy (non-hydrogen) atoms. The van der Waals surface area contributed by atoms with E-state index in [4.69, 9.17) is 0 Å². The van der Waals surface area contributed by atoms with Gasteiger partial charge in [0, 0.05) is 6.54 Å². The molecule has 1 aromatic rings. The first-order valence-corrected chi connectivity index (χ1v) is 6.93. The SMILES string of the molecule is CCN(CC)C(CNC(=O)CNC)c1ccccc1. The third-order valence-electron chi connectivity index (χ3n) is 3.27. The highest BCUT2D eigenvalue weighted by Gasteiger charge is 2.18. The molecule has 4 heteroatoms. The van der Waals surface area contributed by atoms with Crippen molar-refractivity contribution < 1.29 is 4.79 Å². The predicted octanol–water partition coefficient (Wildman–Crippen LogP) is 1.41. The molecule has 0 saturated heterocycles. The van der Waals surface area contributed by atoms with Gasteiger partial charge in [0.25, 0.3) is 0 Å². The molecule has 1 amide bonds. The molecule has 0 heterocycles. The molecule has 1 rings (SSSR count). The Morgan fingerprint density at radius 1 is 1.21 bits per heavy atom. The summed E-state index contributed by atoms with van der Waals surface area (Å²) in [5, 5.41) is 5.85. The van der Waals surface area contributed by atoms with Gasteiger partial charge in [0.05, 0.1) is 12.6 Å². The van der Waals surface area contributed by atoms with Crippen LogP contribution in [-0.2, 0) is 4.79 Å². The van der Waals surface area contributed by atoms with Crippen molar-refractivity contribution in [2.75, 3.05) is 33.2 Å². The van der Waals surface area contributed by atoms with Crippen molar-refractivity contribution in [3.63, 3.8) is 0 Å². The third-order valence-corrected chi connectivity index (χ3v) is 3.27. The molecular weight excluding hydrogens is 238 g/mol. The molecule has 2 N–H and O–H groups in total. The lowest BCUT2D eigenvalue weighted by molar-refractivity contribution is -0.120. The van der Waals surface area contributed by atoms with E-state index in [1.807, 2.05) is 18.2 Å². The summed E-state index contributed by atoms with van der Waals surface area (Å²) in [4.78, 5) is 13.9. The number of nitrogens with zero attached hydrogens (tertiary/aromatic N) is 1. The van der Waals surface area contributed by atoms with Crippen LogP contribution in [0.2, 0.25) is 0 Å². The Labute approximate surface area is 116 Å². The minimum Gasteiger partial charge on any atom is -0.353 e. The van der Waals surface area contributed by atoms with Gasteiger partial charge in [0.1, 0.15) is 0 Å². The highest BCUT2D eigenvalue weighted by atomic mass is 16.1. The maximum absolute atomic E-state index is 11.6. The molecule has 1 atom stereocenters. The van der Waals surface area contributed by atoms with Gasteiger partial charge >= 0.3 is 0 Å². The molecule has 1 aromatic carbocycles. The van der Waals surface area contributed by atoms with Gasteiger partial charge in [0.15, 0.2) is 0 Å². The smallest absolute Gasteiger partial charge is 0.234 e. The Kier molecular flexibility index (Phi) is 7.15. The molecule has 1 unspecified atom stereocenters. The number of amides is 1. The molecule has 0 saturated carbocycles. The van der Waals surface area contributed by atoms with E-state index in [0.29, 0.717) is 13.1 Å². The van der Waals surface area contributed by atoms with E-state index in [9.17, 15) is 4.79 Å². The van der Waals surface area contributed by atoms with Gasteiger partial charge in [-0.1, -0.05) is 44.2 Å². The van der Waals surface area contributed by atoms with Crippen LogP contribution in [0.5, 0.6) is 0 Å². The summed E-state index contributed by atoms with van der Waals surface area (Å²) in [5.41, 5.74) is 1.25. The van der Waals surface area contributed by atoms with Crippen LogP contribution in [0.25, 0.3) is 0 Å². The van der Waals surface area contributed by atoms with Gasteiger partial charge in [-0.25, -0.2) is 0 Å². The first-order valence-electron chi connectivity index (χ1n) is 6.93. The maximum atomic E-state index is 11.6. The van der Waals surface area contributed by atoms with Crippen LogP contribution in [0, 0.1) is 0 Å². The van der Waals surface area contributed by atoms with Crippen molar-refractivity contribution in [2.45, 2.75) is 19.9 Å². The first kappa shape index (κ1) is 15.7. The molecule has 4 nitrogen and oxygen atoms in total. The van der Waals surface area contributed by atoms with Crippen LogP contribution in [-0.4, -0.2) is 44.0 Å².